The van der Waals surface area contributed by atoms with Crippen LogP contribution in [0, 0.1) is 18.3 Å². The third-order valence-corrected chi connectivity index (χ3v) is 4.26. The van der Waals surface area contributed by atoms with Gasteiger partial charge in [-0.25, -0.2) is 0 Å². The van der Waals surface area contributed by atoms with Crippen molar-refractivity contribution in [3.05, 3.63) is 0 Å². The van der Waals surface area contributed by atoms with Gasteiger partial charge in [0.05, 0.1) is 24.6 Å². The molecule has 0 saturated heterocycles. The molecule has 0 amide bonds. The molecule has 1 saturated carbocycles. The summed E-state index contributed by atoms with van der Waals surface area (Å²) in [5.74, 6) is 5.10. The first-order valence-electron chi connectivity index (χ1n) is 7.24. The number of hydrogen-bond donors (Lipinski definition) is 2. The standard InChI is InChI=1S/C15H27NO2S/c1-3-8-19-9-7-16-11-14(17)12-18-15-6-4-5-13(2)10-15/h1,13-17H,4-12H2,2H3. The van der Waals surface area contributed by atoms with Crippen LogP contribution < -0.4 is 5.32 Å². The van der Waals surface area contributed by atoms with E-state index < -0.39 is 6.10 Å². The van der Waals surface area contributed by atoms with E-state index >= 15 is 0 Å². The van der Waals surface area contributed by atoms with Crippen LogP contribution in [-0.2, 0) is 4.74 Å². The summed E-state index contributed by atoms with van der Waals surface area (Å²) in [5, 5.41) is 13.0. The van der Waals surface area contributed by atoms with E-state index in [9.17, 15) is 5.11 Å². The molecule has 110 valence electrons. The molecule has 1 aliphatic carbocycles. The fourth-order valence-corrected chi connectivity index (χ4v) is 2.93. The SMILES string of the molecule is C#CCSCCNCC(O)COC1CCCC(C)C1. The van der Waals surface area contributed by atoms with Gasteiger partial charge in [0.15, 0.2) is 0 Å². The highest BCUT2D eigenvalue weighted by molar-refractivity contribution is 7.99. The number of thioether (sulfide) groups is 1. The van der Waals surface area contributed by atoms with E-state index in [4.69, 9.17) is 11.2 Å². The van der Waals surface area contributed by atoms with Crippen molar-refractivity contribution < 1.29 is 9.84 Å². The highest BCUT2D eigenvalue weighted by Crippen LogP contribution is 2.25. The van der Waals surface area contributed by atoms with Crippen LogP contribution in [0.25, 0.3) is 0 Å². The molecule has 1 fully saturated rings. The number of aliphatic hydroxyl groups excluding tert-OH is 1. The number of terminal acetylenes is 1. The molecule has 3 nitrogen and oxygen atoms in total. The van der Waals surface area contributed by atoms with E-state index in [1.165, 1.54) is 12.8 Å². The molecule has 0 bridgehead atoms. The van der Waals surface area contributed by atoms with Crippen LogP contribution in [-0.4, -0.2) is 48.5 Å². The number of rotatable bonds is 9. The normalized spacial score (nSPS) is 24.9. The second-order valence-corrected chi connectivity index (χ2v) is 6.45. The highest BCUT2D eigenvalue weighted by atomic mass is 32.2. The summed E-state index contributed by atoms with van der Waals surface area (Å²) in [6.45, 7) is 4.20. The van der Waals surface area contributed by atoms with Crippen LogP contribution in [0.3, 0.4) is 0 Å². The number of hydrogen-bond acceptors (Lipinski definition) is 4. The molecule has 0 heterocycles. The molecule has 0 aromatic heterocycles. The van der Waals surface area contributed by atoms with Crippen molar-refractivity contribution in [2.45, 2.75) is 44.8 Å². The molecule has 3 atom stereocenters. The molecule has 0 radical (unpaired) electrons. The smallest absolute Gasteiger partial charge is 0.0897 e. The van der Waals surface area contributed by atoms with Crippen LogP contribution >= 0.6 is 11.8 Å². The van der Waals surface area contributed by atoms with Gasteiger partial charge in [0, 0.05) is 18.8 Å². The third-order valence-electron chi connectivity index (χ3n) is 3.40. The van der Waals surface area contributed by atoms with Crippen LogP contribution in [0.4, 0.5) is 0 Å². The molecule has 0 spiro atoms. The molecule has 0 aromatic rings. The third kappa shape index (κ3) is 8.54. The Bertz CT molecular complexity index is 267. The molecule has 19 heavy (non-hydrogen) atoms. The summed E-state index contributed by atoms with van der Waals surface area (Å²) in [4.78, 5) is 0. The van der Waals surface area contributed by atoms with Crippen molar-refractivity contribution >= 4 is 11.8 Å². The summed E-state index contributed by atoms with van der Waals surface area (Å²) in [6.07, 6.45) is 9.97. The lowest BCUT2D eigenvalue weighted by atomic mass is 9.89. The Morgan fingerprint density at radius 3 is 3.11 bits per heavy atom. The van der Waals surface area contributed by atoms with Crippen LogP contribution in [0.1, 0.15) is 32.6 Å². The van der Waals surface area contributed by atoms with Crippen molar-refractivity contribution in [2.24, 2.45) is 5.92 Å². The molecular weight excluding hydrogens is 258 g/mol. The Labute approximate surface area is 121 Å². The van der Waals surface area contributed by atoms with Gasteiger partial charge in [-0.2, -0.15) is 0 Å². The second-order valence-electron chi connectivity index (χ2n) is 5.34. The molecule has 0 aromatic carbocycles. The van der Waals surface area contributed by atoms with Gasteiger partial charge in [-0.05, 0) is 18.8 Å². The van der Waals surface area contributed by atoms with Crippen LogP contribution in [0.15, 0.2) is 0 Å². The lowest BCUT2D eigenvalue weighted by molar-refractivity contribution is -0.0304. The van der Waals surface area contributed by atoms with Gasteiger partial charge in [-0.15, -0.1) is 18.2 Å². The van der Waals surface area contributed by atoms with Crippen LogP contribution in [0.2, 0.25) is 0 Å². The zero-order chi connectivity index (χ0) is 13.9. The lowest BCUT2D eigenvalue weighted by Crippen LogP contribution is -2.34. The molecular formula is C15H27NO2S. The summed E-state index contributed by atoms with van der Waals surface area (Å²) in [7, 11) is 0. The average molecular weight is 285 g/mol. The minimum Gasteiger partial charge on any atom is -0.389 e. The van der Waals surface area contributed by atoms with Gasteiger partial charge < -0.3 is 15.2 Å². The molecule has 3 unspecified atom stereocenters. The zero-order valence-electron chi connectivity index (χ0n) is 11.9. The average Bonchev–Trinajstić information content (AvgIpc) is 2.40. The van der Waals surface area contributed by atoms with Crippen molar-refractivity contribution in [3.63, 3.8) is 0 Å². The monoisotopic (exact) mass is 285 g/mol. The second kappa shape index (κ2) is 10.6. The molecule has 0 aliphatic heterocycles. The van der Waals surface area contributed by atoms with Gasteiger partial charge in [0.1, 0.15) is 0 Å². The number of nitrogens with one attached hydrogen (secondary N) is 1. The summed E-state index contributed by atoms with van der Waals surface area (Å²) >= 11 is 1.73. The topological polar surface area (TPSA) is 41.5 Å². The summed E-state index contributed by atoms with van der Waals surface area (Å²) in [5.41, 5.74) is 0. The molecule has 1 rings (SSSR count). The predicted molar refractivity (Wildman–Crippen MR) is 82.4 cm³/mol. The Balaban J connectivity index is 1.95. The quantitative estimate of drug-likeness (QED) is 0.501. The summed E-state index contributed by atoms with van der Waals surface area (Å²) in [6, 6.07) is 0. The van der Waals surface area contributed by atoms with E-state index in [1.54, 1.807) is 11.8 Å². The summed E-state index contributed by atoms with van der Waals surface area (Å²) < 4.78 is 5.79. The first kappa shape index (κ1) is 16.8. The maximum Gasteiger partial charge on any atom is 0.0897 e. The predicted octanol–water partition coefficient (Wildman–Crippen LogP) is 1.90. The van der Waals surface area contributed by atoms with E-state index in [1.807, 2.05) is 0 Å². The van der Waals surface area contributed by atoms with Gasteiger partial charge in [-0.1, -0.05) is 25.7 Å². The number of ether oxygens (including phenoxy) is 1. The Morgan fingerprint density at radius 1 is 1.53 bits per heavy atom. The van der Waals surface area contributed by atoms with E-state index in [2.05, 4.69) is 18.2 Å². The molecule has 1 aliphatic rings. The van der Waals surface area contributed by atoms with Crippen molar-refractivity contribution in [3.8, 4) is 12.3 Å². The number of aliphatic hydroxyl groups is 1. The minimum atomic E-state index is -0.408. The highest BCUT2D eigenvalue weighted by Gasteiger charge is 2.20. The fourth-order valence-electron chi connectivity index (χ4n) is 2.38. The van der Waals surface area contributed by atoms with Gasteiger partial charge in [0.2, 0.25) is 0 Å². The lowest BCUT2D eigenvalue weighted by Gasteiger charge is -2.27. The van der Waals surface area contributed by atoms with E-state index in [0.717, 1.165) is 36.8 Å². The Kier molecular flexibility index (Phi) is 9.36. The van der Waals surface area contributed by atoms with Crippen molar-refractivity contribution in [2.75, 3.05) is 31.2 Å². The largest absolute Gasteiger partial charge is 0.389 e. The van der Waals surface area contributed by atoms with Gasteiger partial charge in [-0.3, -0.25) is 0 Å². The first-order chi connectivity index (χ1) is 9.22. The molecule has 2 N–H and O–H groups in total. The van der Waals surface area contributed by atoms with Crippen molar-refractivity contribution in [1.82, 2.24) is 5.32 Å². The fraction of sp³-hybridized carbons (Fsp3) is 0.867. The Hall–Kier alpha value is -0.210. The van der Waals surface area contributed by atoms with Crippen LogP contribution in [0.5, 0.6) is 0 Å². The van der Waals surface area contributed by atoms with E-state index in [0.29, 0.717) is 19.3 Å². The maximum atomic E-state index is 9.82. The maximum absolute atomic E-state index is 9.82. The van der Waals surface area contributed by atoms with Gasteiger partial charge >= 0.3 is 0 Å². The zero-order valence-corrected chi connectivity index (χ0v) is 12.8. The Morgan fingerprint density at radius 2 is 2.37 bits per heavy atom. The first-order valence-corrected chi connectivity index (χ1v) is 8.39. The van der Waals surface area contributed by atoms with E-state index in [-0.39, 0.29) is 0 Å². The minimum absolute atomic E-state index is 0.351. The molecule has 4 heteroatoms. The van der Waals surface area contributed by atoms with Gasteiger partial charge in [0.25, 0.3) is 0 Å². The van der Waals surface area contributed by atoms with Crippen molar-refractivity contribution in [1.29, 1.82) is 0 Å².